The van der Waals surface area contributed by atoms with Gasteiger partial charge in [-0.05, 0) is 97.8 Å². The summed E-state index contributed by atoms with van der Waals surface area (Å²) in [5.41, 5.74) is 5.41. The molecule has 0 aliphatic heterocycles. The highest BCUT2D eigenvalue weighted by atomic mass is 35.5. The molecule has 0 saturated heterocycles. The fourth-order valence-corrected chi connectivity index (χ4v) is 5.85. The van der Waals surface area contributed by atoms with Crippen LogP contribution in [0.3, 0.4) is 0 Å². The number of anilines is 1. The first-order chi connectivity index (χ1) is 22.1. The van der Waals surface area contributed by atoms with Gasteiger partial charge in [0.15, 0.2) is 0 Å². The second kappa shape index (κ2) is 15.3. The van der Waals surface area contributed by atoms with E-state index in [-0.39, 0.29) is 18.2 Å². The molecular weight excluding hydrogens is 596 g/mol. The zero-order valence-electron chi connectivity index (χ0n) is 26.9. The number of aromatic nitrogens is 1. The Morgan fingerprint density at radius 2 is 1.28 bits per heavy atom. The Hall–Kier alpha value is -4.36. The normalized spacial score (nSPS) is 13.6. The second-order valence-corrected chi connectivity index (χ2v) is 13.4. The number of carbonyl (C=O) groups excluding carboxylic acids is 2. The van der Waals surface area contributed by atoms with Crippen LogP contribution in [0.4, 0.5) is 15.3 Å². The maximum absolute atomic E-state index is 13.3. The lowest BCUT2D eigenvalue weighted by molar-refractivity contribution is 0.00988. The van der Waals surface area contributed by atoms with Crippen molar-refractivity contribution in [3.8, 4) is 11.1 Å². The van der Waals surface area contributed by atoms with Crippen LogP contribution in [-0.4, -0.2) is 38.6 Å². The molecular formula is C38H43ClN4O3. The number of urea groups is 1. The quantitative estimate of drug-likeness (QED) is 0.198. The molecule has 0 spiro atoms. The summed E-state index contributed by atoms with van der Waals surface area (Å²) in [5.74, 6) is 0. The summed E-state index contributed by atoms with van der Waals surface area (Å²) in [4.78, 5) is 34.3. The van der Waals surface area contributed by atoms with E-state index in [1.54, 1.807) is 41.6 Å². The number of hydrogen-bond acceptors (Lipinski definition) is 4. The third-order valence-corrected chi connectivity index (χ3v) is 8.37. The summed E-state index contributed by atoms with van der Waals surface area (Å²) < 4.78 is 5.79. The van der Waals surface area contributed by atoms with Crippen LogP contribution in [0.15, 0.2) is 97.3 Å². The molecule has 1 saturated carbocycles. The van der Waals surface area contributed by atoms with Crippen LogP contribution in [0, 0.1) is 0 Å². The molecule has 5 rings (SSSR count). The van der Waals surface area contributed by atoms with Crippen LogP contribution in [-0.2, 0) is 24.4 Å². The summed E-state index contributed by atoms with van der Waals surface area (Å²) in [7, 11) is 0. The molecule has 1 aromatic heterocycles. The Balaban J connectivity index is 1.26. The van der Waals surface area contributed by atoms with Crippen molar-refractivity contribution >= 4 is 29.4 Å². The Kier molecular flexibility index (Phi) is 11.0. The fraction of sp³-hybridized carbons (Fsp3) is 0.342. The molecule has 46 heavy (non-hydrogen) atoms. The average molecular weight is 639 g/mol. The minimum absolute atomic E-state index is 0.201. The molecule has 0 radical (unpaired) electrons. The molecule has 0 atom stereocenters. The molecule has 0 bridgehead atoms. The third-order valence-electron chi connectivity index (χ3n) is 8.12. The number of hydrogen-bond donors (Lipinski definition) is 1. The van der Waals surface area contributed by atoms with Gasteiger partial charge in [-0.15, -0.1) is 0 Å². The van der Waals surface area contributed by atoms with E-state index in [1.807, 2.05) is 37.8 Å². The molecule has 3 aromatic carbocycles. The number of benzene rings is 3. The lowest BCUT2D eigenvalue weighted by Crippen LogP contribution is -2.43. The summed E-state index contributed by atoms with van der Waals surface area (Å²) in [6.07, 6.45) is 8.79. The highest BCUT2D eigenvalue weighted by Crippen LogP contribution is 2.27. The minimum atomic E-state index is -0.531. The predicted octanol–water partition coefficient (Wildman–Crippen LogP) is 9.71. The van der Waals surface area contributed by atoms with Crippen LogP contribution in [0.5, 0.6) is 0 Å². The molecule has 7 nitrogen and oxygen atoms in total. The molecule has 3 amide bonds. The summed E-state index contributed by atoms with van der Waals surface area (Å²) in [6.45, 7) is 7.15. The zero-order chi connectivity index (χ0) is 32.5. The number of carbonyl (C=O) groups is 2. The first kappa shape index (κ1) is 33.0. The van der Waals surface area contributed by atoms with Crippen molar-refractivity contribution in [2.45, 2.75) is 84.2 Å². The maximum atomic E-state index is 13.3. The third kappa shape index (κ3) is 9.57. The van der Waals surface area contributed by atoms with Gasteiger partial charge in [0, 0.05) is 48.8 Å². The average Bonchev–Trinajstić information content (AvgIpc) is 3.05. The largest absolute Gasteiger partial charge is 0.444 e. The lowest BCUT2D eigenvalue weighted by Gasteiger charge is -2.35. The second-order valence-electron chi connectivity index (χ2n) is 12.9. The number of halogens is 1. The SMILES string of the molecule is CC(C)(C)OC(=O)N(Cc1ccc(-c2ccc(CN(Cc3ccncc3)C(=O)Nc3ccc(Cl)cc3)cc2)cc1)C1CCCCC1. The smallest absolute Gasteiger partial charge is 0.410 e. The number of nitrogens with zero attached hydrogens (tertiary/aromatic N) is 3. The molecule has 1 N–H and O–H groups in total. The van der Waals surface area contributed by atoms with Crippen molar-refractivity contribution in [3.05, 3.63) is 119 Å². The van der Waals surface area contributed by atoms with E-state index in [9.17, 15) is 9.59 Å². The van der Waals surface area contributed by atoms with Gasteiger partial charge >= 0.3 is 12.1 Å². The van der Waals surface area contributed by atoms with Gasteiger partial charge in [0.1, 0.15) is 5.60 Å². The van der Waals surface area contributed by atoms with Gasteiger partial charge in [-0.3, -0.25) is 4.98 Å². The first-order valence-corrected chi connectivity index (χ1v) is 16.4. The lowest BCUT2D eigenvalue weighted by atomic mass is 9.94. The van der Waals surface area contributed by atoms with E-state index in [4.69, 9.17) is 16.3 Å². The van der Waals surface area contributed by atoms with E-state index in [1.165, 1.54) is 6.42 Å². The van der Waals surface area contributed by atoms with Gasteiger partial charge in [0.25, 0.3) is 0 Å². The molecule has 8 heteroatoms. The topological polar surface area (TPSA) is 74.8 Å². The van der Waals surface area contributed by atoms with Gasteiger partial charge in [-0.25, -0.2) is 9.59 Å². The van der Waals surface area contributed by atoms with Crippen molar-refractivity contribution in [2.24, 2.45) is 0 Å². The van der Waals surface area contributed by atoms with Gasteiger partial charge in [0.2, 0.25) is 0 Å². The van der Waals surface area contributed by atoms with Crippen molar-refractivity contribution in [1.82, 2.24) is 14.8 Å². The Morgan fingerprint density at radius 3 is 1.83 bits per heavy atom. The molecule has 1 aliphatic rings. The van der Waals surface area contributed by atoms with Crippen LogP contribution in [0.25, 0.3) is 11.1 Å². The standard InChI is InChI=1S/C38H43ClN4O3/c1-38(2,3)46-37(45)43(35-7-5-4-6-8-35)27-29-11-15-32(16-12-29)31-13-9-28(10-14-31)25-42(26-30-21-23-40-24-22-30)36(44)41-34-19-17-33(39)18-20-34/h9-24,35H,4-8,25-27H2,1-3H3,(H,41,44). The number of pyridine rings is 1. The summed E-state index contributed by atoms with van der Waals surface area (Å²) in [6, 6.07) is 27.6. The van der Waals surface area contributed by atoms with Gasteiger partial charge < -0.3 is 19.9 Å². The first-order valence-electron chi connectivity index (χ1n) is 16.0. The minimum Gasteiger partial charge on any atom is -0.444 e. The van der Waals surface area contributed by atoms with Crippen molar-refractivity contribution < 1.29 is 14.3 Å². The van der Waals surface area contributed by atoms with Crippen LogP contribution < -0.4 is 5.32 Å². The molecule has 1 aliphatic carbocycles. The van der Waals surface area contributed by atoms with Crippen LogP contribution >= 0.6 is 11.6 Å². The zero-order valence-corrected chi connectivity index (χ0v) is 27.7. The fourth-order valence-electron chi connectivity index (χ4n) is 5.72. The van der Waals surface area contributed by atoms with E-state index >= 15 is 0 Å². The van der Waals surface area contributed by atoms with Crippen molar-refractivity contribution in [3.63, 3.8) is 0 Å². The van der Waals surface area contributed by atoms with Gasteiger partial charge in [-0.2, -0.15) is 0 Å². The van der Waals surface area contributed by atoms with Gasteiger partial charge in [-0.1, -0.05) is 79.4 Å². The molecule has 4 aromatic rings. The Labute approximate surface area is 277 Å². The molecule has 240 valence electrons. The Morgan fingerprint density at radius 1 is 0.761 bits per heavy atom. The van der Waals surface area contributed by atoms with E-state index in [2.05, 4.69) is 58.8 Å². The van der Waals surface area contributed by atoms with Crippen molar-refractivity contribution in [2.75, 3.05) is 5.32 Å². The predicted molar refractivity (Wildman–Crippen MR) is 184 cm³/mol. The van der Waals surface area contributed by atoms with E-state index in [0.717, 1.165) is 53.5 Å². The van der Waals surface area contributed by atoms with E-state index in [0.29, 0.717) is 30.3 Å². The maximum Gasteiger partial charge on any atom is 0.410 e. The number of ether oxygens (including phenoxy) is 1. The summed E-state index contributed by atoms with van der Waals surface area (Å²) in [5, 5.41) is 3.60. The molecule has 1 heterocycles. The number of amides is 3. The van der Waals surface area contributed by atoms with Crippen molar-refractivity contribution in [1.29, 1.82) is 0 Å². The van der Waals surface area contributed by atoms with Gasteiger partial charge in [0.05, 0.1) is 0 Å². The monoisotopic (exact) mass is 638 g/mol. The number of nitrogens with one attached hydrogen (secondary N) is 1. The number of rotatable bonds is 9. The highest BCUT2D eigenvalue weighted by molar-refractivity contribution is 6.30. The van der Waals surface area contributed by atoms with Crippen LogP contribution in [0.2, 0.25) is 5.02 Å². The highest BCUT2D eigenvalue weighted by Gasteiger charge is 2.29. The molecule has 0 unspecified atom stereocenters. The summed E-state index contributed by atoms with van der Waals surface area (Å²) >= 11 is 6.02. The van der Waals surface area contributed by atoms with E-state index < -0.39 is 5.60 Å². The van der Waals surface area contributed by atoms with Crippen LogP contribution in [0.1, 0.15) is 69.6 Å². The Bertz CT molecular complexity index is 1560. The molecule has 1 fully saturated rings.